The van der Waals surface area contributed by atoms with Crippen molar-refractivity contribution in [3.05, 3.63) is 24.3 Å². The Bertz CT molecular complexity index is 514. The number of carbonyl (C=O) groups excluding carboxylic acids is 2. The maximum absolute atomic E-state index is 12.5. The fourth-order valence-corrected chi connectivity index (χ4v) is 3.15. The molecule has 2 amide bonds. The van der Waals surface area contributed by atoms with Gasteiger partial charge >= 0.3 is 0 Å². The van der Waals surface area contributed by atoms with E-state index in [-0.39, 0.29) is 17.7 Å². The van der Waals surface area contributed by atoms with Gasteiger partial charge in [0.05, 0.1) is 11.5 Å². The van der Waals surface area contributed by atoms with E-state index in [4.69, 9.17) is 0 Å². The predicted molar refractivity (Wildman–Crippen MR) is 76.5 cm³/mol. The molecule has 1 aromatic heterocycles. The van der Waals surface area contributed by atoms with Crippen molar-refractivity contribution in [3.8, 4) is 0 Å². The Kier molecular flexibility index (Phi) is 4.13. The van der Waals surface area contributed by atoms with E-state index in [0.29, 0.717) is 18.7 Å². The maximum Gasteiger partial charge on any atom is 0.257 e. The second-order valence-electron chi connectivity index (χ2n) is 5.75. The molecule has 1 atom stereocenters. The van der Waals surface area contributed by atoms with Gasteiger partial charge in [-0.2, -0.15) is 0 Å². The number of nitrogens with zero attached hydrogens (tertiary/aromatic N) is 4. The summed E-state index contributed by atoms with van der Waals surface area (Å²) in [6, 6.07) is 0. The number of rotatable bonds is 2. The third kappa shape index (κ3) is 3.04. The zero-order valence-corrected chi connectivity index (χ0v) is 12.1. The summed E-state index contributed by atoms with van der Waals surface area (Å²) in [5.74, 6) is 0.0919. The second kappa shape index (κ2) is 6.20. The number of piperidine rings is 1. The van der Waals surface area contributed by atoms with Gasteiger partial charge in [-0.1, -0.05) is 0 Å². The summed E-state index contributed by atoms with van der Waals surface area (Å²) >= 11 is 0. The highest BCUT2D eigenvalue weighted by atomic mass is 16.2. The second-order valence-corrected chi connectivity index (χ2v) is 5.75. The van der Waals surface area contributed by atoms with E-state index >= 15 is 0 Å². The van der Waals surface area contributed by atoms with Crippen LogP contribution in [0.2, 0.25) is 0 Å². The van der Waals surface area contributed by atoms with Crippen molar-refractivity contribution in [2.45, 2.75) is 25.7 Å². The van der Waals surface area contributed by atoms with Gasteiger partial charge in [-0.15, -0.1) is 0 Å². The first-order chi connectivity index (χ1) is 10.3. The van der Waals surface area contributed by atoms with Crippen LogP contribution in [-0.4, -0.2) is 57.8 Å². The lowest BCUT2D eigenvalue weighted by Gasteiger charge is -2.33. The molecule has 0 radical (unpaired) electrons. The molecule has 0 aliphatic carbocycles. The summed E-state index contributed by atoms with van der Waals surface area (Å²) in [5.41, 5.74) is 0.492. The zero-order chi connectivity index (χ0) is 14.7. The third-order valence-corrected chi connectivity index (χ3v) is 4.28. The fraction of sp³-hybridized carbons (Fsp3) is 0.600. The molecule has 2 aliphatic rings. The van der Waals surface area contributed by atoms with Gasteiger partial charge in [0.1, 0.15) is 6.33 Å². The van der Waals surface area contributed by atoms with E-state index in [1.165, 1.54) is 18.7 Å². The summed E-state index contributed by atoms with van der Waals surface area (Å²) in [6.07, 6.45) is 8.42. The van der Waals surface area contributed by atoms with Gasteiger partial charge in [-0.25, -0.2) is 9.97 Å². The third-order valence-electron chi connectivity index (χ3n) is 4.28. The van der Waals surface area contributed by atoms with Gasteiger partial charge in [0.25, 0.3) is 5.91 Å². The summed E-state index contributed by atoms with van der Waals surface area (Å²) in [5, 5.41) is 0. The van der Waals surface area contributed by atoms with Crippen molar-refractivity contribution in [2.24, 2.45) is 5.92 Å². The minimum Gasteiger partial charge on any atom is -0.342 e. The van der Waals surface area contributed by atoms with Crippen molar-refractivity contribution in [3.63, 3.8) is 0 Å². The van der Waals surface area contributed by atoms with Gasteiger partial charge in [0.2, 0.25) is 5.91 Å². The molecule has 1 unspecified atom stereocenters. The number of carbonyl (C=O) groups is 2. The molecule has 0 spiro atoms. The first-order valence-electron chi connectivity index (χ1n) is 7.59. The Hall–Kier alpha value is -1.98. The van der Waals surface area contributed by atoms with Crippen LogP contribution in [0, 0.1) is 5.92 Å². The highest BCUT2D eigenvalue weighted by Gasteiger charge is 2.32. The lowest BCUT2D eigenvalue weighted by atomic mass is 9.96. The molecule has 6 heteroatoms. The van der Waals surface area contributed by atoms with E-state index in [0.717, 1.165) is 38.8 Å². The highest BCUT2D eigenvalue weighted by Crippen LogP contribution is 2.22. The van der Waals surface area contributed by atoms with Crippen LogP contribution in [0.25, 0.3) is 0 Å². The Morgan fingerprint density at radius 1 is 1.00 bits per heavy atom. The van der Waals surface area contributed by atoms with Crippen molar-refractivity contribution < 1.29 is 9.59 Å². The van der Waals surface area contributed by atoms with E-state index < -0.39 is 0 Å². The van der Waals surface area contributed by atoms with Crippen LogP contribution in [0.4, 0.5) is 0 Å². The number of aromatic nitrogens is 2. The number of likely N-dealkylation sites (tertiary alicyclic amines) is 2. The van der Waals surface area contributed by atoms with Crippen LogP contribution < -0.4 is 0 Å². The van der Waals surface area contributed by atoms with Crippen molar-refractivity contribution in [1.82, 2.24) is 19.8 Å². The molecular weight excluding hydrogens is 268 g/mol. The van der Waals surface area contributed by atoms with Crippen LogP contribution in [0.1, 0.15) is 36.0 Å². The quantitative estimate of drug-likeness (QED) is 0.812. The summed E-state index contributed by atoms with van der Waals surface area (Å²) in [6.45, 7) is 2.96. The lowest BCUT2D eigenvalue weighted by molar-refractivity contribution is -0.135. The van der Waals surface area contributed by atoms with Crippen LogP contribution in [0.5, 0.6) is 0 Å². The molecule has 6 nitrogen and oxygen atoms in total. The Morgan fingerprint density at radius 2 is 1.67 bits per heavy atom. The van der Waals surface area contributed by atoms with Crippen LogP contribution in [0.15, 0.2) is 18.7 Å². The minimum atomic E-state index is -0.0745. The smallest absolute Gasteiger partial charge is 0.257 e. The molecule has 3 rings (SSSR count). The molecule has 2 saturated heterocycles. The van der Waals surface area contributed by atoms with Gasteiger partial charge in [-0.05, 0) is 25.7 Å². The Balaban J connectivity index is 1.65. The monoisotopic (exact) mass is 288 g/mol. The molecule has 112 valence electrons. The minimum absolute atomic E-state index is 0.0505. The van der Waals surface area contributed by atoms with Crippen LogP contribution in [-0.2, 0) is 4.79 Å². The molecule has 3 heterocycles. The van der Waals surface area contributed by atoms with Crippen molar-refractivity contribution in [2.75, 3.05) is 26.2 Å². The van der Waals surface area contributed by atoms with E-state index in [9.17, 15) is 9.59 Å². The Labute approximate surface area is 124 Å². The maximum atomic E-state index is 12.5. The molecule has 0 N–H and O–H groups in total. The molecule has 0 saturated carbocycles. The van der Waals surface area contributed by atoms with E-state index in [2.05, 4.69) is 9.97 Å². The Morgan fingerprint density at radius 3 is 2.38 bits per heavy atom. The zero-order valence-electron chi connectivity index (χ0n) is 12.1. The van der Waals surface area contributed by atoms with Crippen LogP contribution in [0.3, 0.4) is 0 Å². The topological polar surface area (TPSA) is 66.4 Å². The molecule has 0 bridgehead atoms. The molecule has 0 aromatic carbocycles. The van der Waals surface area contributed by atoms with Crippen molar-refractivity contribution >= 4 is 11.8 Å². The number of amides is 2. The fourth-order valence-electron chi connectivity index (χ4n) is 3.15. The van der Waals surface area contributed by atoms with Crippen molar-refractivity contribution in [1.29, 1.82) is 0 Å². The van der Waals surface area contributed by atoms with Gasteiger partial charge < -0.3 is 9.80 Å². The summed E-state index contributed by atoms with van der Waals surface area (Å²) in [4.78, 5) is 36.4. The van der Waals surface area contributed by atoms with E-state index in [1.54, 1.807) is 4.90 Å². The average Bonchev–Trinajstić information content (AvgIpc) is 3.09. The van der Waals surface area contributed by atoms with Gasteiger partial charge in [0, 0.05) is 38.6 Å². The summed E-state index contributed by atoms with van der Waals surface area (Å²) in [7, 11) is 0. The first-order valence-corrected chi connectivity index (χ1v) is 7.59. The average molecular weight is 288 g/mol. The number of hydrogen-bond acceptors (Lipinski definition) is 4. The number of hydrogen-bond donors (Lipinski definition) is 0. The first kappa shape index (κ1) is 14.0. The largest absolute Gasteiger partial charge is 0.342 e. The predicted octanol–water partition coefficient (Wildman–Crippen LogP) is 0.951. The molecule has 2 fully saturated rings. The van der Waals surface area contributed by atoms with E-state index in [1.807, 2.05) is 4.90 Å². The molecular formula is C15H20N4O2. The highest BCUT2D eigenvalue weighted by molar-refractivity contribution is 5.94. The standard InChI is InChI=1S/C15H20N4O2/c20-14(18-5-1-2-6-18)12-4-3-7-19(10-12)15(21)13-8-16-11-17-9-13/h8-9,11-12H,1-7,10H2. The van der Waals surface area contributed by atoms with Crippen LogP contribution >= 0.6 is 0 Å². The SMILES string of the molecule is O=C(c1cncnc1)N1CCCC(C(=O)N2CCCC2)C1. The van der Waals surface area contributed by atoms with Gasteiger partial charge in [-0.3, -0.25) is 9.59 Å². The summed E-state index contributed by atoms with van der Waals surface area (Å²) < 4.78 is 0. The molecule has 2 aliphatic heterocycles. The molecule has 21 heavy (non-hydrogen) atoms. The lowest BCUT2D eigenvalue weighted by Crippen LogP contribution is -2.46. The van der Waals surface area contributed by atoms with Gasteiger partial charge in [0.15, 0.2) is 0 Å². The normalized spacial score (nSPS) is 22.4. The molecule has 1 aromatic rings.